The summed E-state index contributed by atoms with van der Waals surface area (Å²) in [6.07, 6.45) is 1.43. The van der Waals surface area contributed by atoms with Gasteiger partial charge >= 0.3 is 0 Å². The summed E-state index contributed by atoms with van der Waals surface area (Å²) >= 11 is 1.33. The number of anilines is 2. The van der Waals surface area contributed by atoms with E-state index in [1.165, 1.54) is 11.3 Å². The van der Waals surface area contributed by atoms with E-state index < -0.39 is 10.0 Å². The molecule has 24 heavy (non-hydrogen) atoms. The molecule has 130 valence electrons. The largest absolute Gasteiger partial charge is 0.325 e. The Bertz CT molecular complexity index is 785. The fraction of sp³-hybridized carbons (Fsp3) is 0.333. The van der Waals surface area contributed by atoms with Crippen LogP contribution in [0.1, 0.15) is 35.3 Å². The molecule has 2 aromatic rings. The van der Waals surface area contributed by atoms with Crippen molar-refractivity contribution >= 4 is 38.6 Å². The fourth-order valence-corrected chi connectivity index (χ4v) is 3.81. The summed E-state index contributed by atoms with van der Waals surface area (Å²) in [6, 6.07) is 6.47. The van der Waals surface area contributed by atoms with Crippen LogP contribution in [0, 0.1) is 0 Å². The molecule has 0 radical (unpaired) electrons. The monoisotopic (exact) mass is 368 g/mol. The second kappa shape index (κ2) is 8.22. The number of amides is 1. The van der Waals surface area contributed by atoms with E-state index in [1.54, 1.807) is 29.6 Å². The van der Waals surface area contributed by atoms with Gasteiger partial charge in [-0.3, -0.25) is 9.52 Å². The van der Waals surface area contributed by atoms with Gasteiger partial charge in [0.15, 0.2) is 0 Å². The number of carbonyl (C=O) groups excluding carboxylic acids is 1. The first-order chi connectivity index (χ1) is 11.4. The Morgan fingerprint density at radius 3 is 2.50 bits per heavy atom. The van der Waals surface area contributed by atoms with Crippen LogP contribution in [0.15, 0.2) is 29.6 Å². The van der Waals surface area contributed by atoms with E-state index in [-0.39, 0.29) is 11.7 Å². The number of nitrogens with two attached hydrogens (primary N) is 1. The van der Waals surface area contributed by atoms with Crippen LogP contribution >= 0.6 is 11.3 Å². The molecule has 1 aromatic carbocycles. The molecule has 1 aromatic heterocycles. The summed E-state index contributed by atoms with van der Waals surface area (Å²) in [5, 5.41) is 5.05. The maximum atomic E-state index is 12.1. The molecule has 0 fully saturated rings. The van der Waals surface area contributed by atoms with Gasteiger partial charge in [-0.15, -0.1) is 11.3 Å². The number of benzene rings is 1. The zero-order valence-corrected chi connectivity index (χ0v) is 14.9. The highest BCUT2D eigenvalue weighted by Crippen LogP contribution is 2.17. The maximum Gasteiger partial charge on any atom is 0.275 e. The highest BCUT2D eigenvalue weighted by atomic mass is 32.2. The minimum Gasteiger partial charge on any atom is -0.325 e. The highest BCUT2D eigenvalue weighted by Gasteiger charge is 2.12. The standard InChI is InChI=1S/C15H20N4O3S2/c1-2-3-8-24(21,22)19-12-6-4-11(5-7-12)17-15(20)13-10-23-14(9-16)18-13/h4-7,10,19H,2-3,8-9,16H2,1H3,(H,17,20). The summed E-state index contributed by atoms with van der Waals surface area (Å²) in [6.45, 7) is 2.23. The lowest BCUT2D eigenvalue weighted by Gasteiger charge is -2.09. The summed E-state index contributed by atoms with van der Waals surface area (Å²) in [7, 11) is -3.33. The molecule has 4 N–H and O–H groups in total. The number of carbonyl (C=O) groups is 1. The van der Waals surface area contributed by atoms with Crippen molar-refractivity contribution < 1.29 is 13.2 Å². The smallest absolute Gasteiger partial charge is 0.275 e. The van der Waals surface area contributed by atoms with Crippen molar-refractivity contribution in [3.05, 3.63) is 40.3 Å². The molecule has 0 saturated heterocycles. The first kappa shape index (κ1) is 18.4. The lowest BCUT2D eigenvalue weighted by atomic mass is 10.3. The summed E-state index contributed by atoms with van der Waals surface area (Å²) < 4.78 is 26.2. The molecule has 0 unspecified atom stereocenters. The van der Waals surface area contributed by atoms with Crippen molar-refractivity contribution in [3.8, 4) is 0 Å². The van der Waals surface area contributed by atoms with Gasteiger partial charge in [-0.2, -0.15) is 0 Å². The molecule has 0 aliphatic rings. The fourth-order valence-electron chi connectivity index (χ4n) is 1.89. The average molecular weight is 368 g/mol. The molecule has 0 saturated carbocycles. The number of thiazole rings is 1. The van der Waals surface area contributed by atoms with Gasteiger partial charge in [0.1, 0.15) is 10.7 Å². The topological polar surface area (TPSA) is 114 Å². The van der Waals surface area contributed by atoms with Gasteiger partial charge in [0.05, 0.1) is 5.75 Å². The first-order valence-electron chi connectivity index (χ1n) is 7.50. The third-order valence-electron chi connectivity index (χ3n) is 3.14. The lowest BCUT2D eigenvalue weighted by molar-refractivity contribution is 0.102. The van der Waals surface area contributed by atoms with Crippen LogP contribution in [0.5, 0.6) is 0 Å². The van der Waals surface area contributed by atoms with E-state index in [4.69, 9.17) is 5.73 Å². The van der Waals surface area contributed by atoms with Crippen molar-refractivity contribution in [1.82, 2.24) is 4.98 Å². The minimum absolute atomic E-state index is 0.0925. The Kier molecular flexibility index (Phi) is 6.29. The molecule has 0 atom stereocenters. The summed E-state index contributed by atoms with van der Waals surface area (Å²) in [4.78, 5) is 16.2. The molecule has 2 rings (SSSR count). The van der Waals surface area contributed by atoms with Crippen molar-refractivity contribution in [2.75, 3.05) is 15.8 Å². The third-order valence-corrected chi connectivity index (χ3v) is 5.39. The molecular weight excluding hydrogens is 348 g/mol. The van der Waals surface area contributed by atoms with Gasteiger partial charge in [0, 0.05) is 23.3 Å². The van der Waals surface area contributed by atoms with Gasteiger partial charge in [-0.25, -0.2) is 13.4 Å². The molecule has 0 aliphatic carbocycles. The predicted octanol–water partition coefficient (Wildman–Crippen LogP) is 2.40. The number of nitrogens with zero attached hydrogens (tertiary/aromatic N) is 1. The zero-order valence-electron chi connectivity index (χ0n) is 13.3. The van der Waals surface area contributed by atoms with Crippen molar-refractivity contribution in [1.29, 1.82) is 0 Å². The molecule has 0 aliphatic heterocycles. The van der Waals surface area contributed by atoms with Gasteiger partial charge in [-0.05, 0) is 30.7 Å². The normalized spacial score (nSPS) is 11.2. The van der Waals surface area contributed by atoms with E-state index >= 15 is 0 Å². The SMILES string of the molecule is CCCCS(=O)(=O)Nc1ccc(NC(=O)c2csc(CN)n2)cc1. The first-order valence-corrected chi connectivity index (χ1v) is 10.0. The Labute approximate surface area is 145 Å². The van der Waals surface area contributed by atoms with Crippen LogP contribution in [0.4, 0.5) is 11.4 Å². The number of hydrogen-bond donors (Lipinski definition) is 3. The Morgan fingerprint density at radius 1 is 1.25 bits per heavy atom. The Hall–Kier alpha value is -1.97. The van der Waals surface area contributed by atoms with E-state index in [9.17, 15) is 13.2 Å². The van der Waals surface area contributed by atoms with Crippen LogP contribution in [0.25, 0.3) is 0 Å². The highest BCUT2D eigenvalue weighted by molar-refractivity contribution is 7.92. The second-order valence-electron chi connectivity index (χ2n) is 5.14. The molecule has 1 amide bonds. The van der Waals surface area contributed by atoms with Crippen molar-refractivity contribution in [3.63, 3.8) is 0 Å². The van der Waals surface area contributed by atoms with E-state index in [1.807, 2.05) is 6.92 Å². The van der Waals surface area contributed by atoms with Crippen LogP contribution in [-0.4, -0.2) is 25.1 Å². The van der Waals surface area contributed by atoms with Gasteiger partial charge < -0.3 is 11.1 Å². The lowest BCUT2D eigenvalue weighted by Crippen LogP contribution is -2.16. The Balaban J connectivity index is 1.97. The summed E-state index contributed by atoms with van der Waals surface area (Å²) in [5.41, 5.74) is 6.80. The maximum absolute atomic E-state index is 12.1. The van der Waals surface area contributed by atoms with Crippen LogP contribution in [0.3, 0.4) is 0 Å². The molecule has 0 bridgehead atoms. The molecular formula is C15H20N4O3S2. The minimum atomic E-state index is -3.33. The van der Waals surface area contributed by atoms with Crippen LogP contribution in [0.2, 0.25) is 0 Å². The quantitative estimate of drug-likeness (QED) is 0.662. The van der Waals surface area contributed by atoms with Crippen LogP contribution < -0.4 is 15.8 Å². The number of sulfonamides is 1. The van der Waals surface area contributed by atoms with Gasteiger partial charge in [-0.1, -0.05) is 13.3 Å². The van der Waals surface area contributed by atoms with E-state index in [2.05, 4.69) is 15.0 Å². The molecule has 0 spiro atoms. The number of unbranched alkanes of at least 4 members (excludes halogenated alkanes) is 1. The van der Waals surface area contributed by atoms with Gasteiger partial charge in [0.2, 0.25) is 10.0 Å². The zero-order chi connectivity index (χ0) is 17.6. The predicted molar refractivity (Wildman–Crippen MR) is 96.7 cm³/mol. The number of nitrogens with one attached hydrogen (secondary N) is 2. The second-order valence-corrected chi connectivity index (χ2v) is 7.92. The molecule has 1 heterocycles. The van der Waals surface area contributed by atoms with Crippen molar-refractivity contribution in [2.24, 2.45) is 5.73 Å². The third kappa shape index (κ3) is 5.29. The molecule has 7 nitrogen and oxygen atoms in total. The number of rotatable bonds is 8. The Morgan fingerprint density at radius 2 is 1.92 bits per heavy atom. The summed E-state index contributed by atoms with van der Waals surface area (Å²) in [5.74, 6) is -0.239. The van der Waals surface area contributed by atoms with Gasteiger partial charge in [0.25, 0.3) is 5.91 Å². The molecule has 9 heteroatoms. The van der Waals surface area contributed by atoms with E-state index in [0.29, 0.717) is 35.0 Å². The van der Waals surface area contributed by atoms with E-state index in [0.717, 1.165) is 6.42 Å². The number of hydrogen-bond acceptors (Lipinski definition) is 6. The van der Waals surface area contributed by atoms with Crippen molar-refractivity contribution in [2.45, 2.75) is 26.3 Å². The number of aromatic nitrogens is 1. The average Bonchev–Trinajstić information content (AvgIpc) is 3.04. The van der Waals surface area contributed by atoms with Crippen LogP contribution in [-0.2, 0) is 16.6 Å².